The minimum Gasteiger partial charge on any atom is -0.333 e. The molecule has 1 heterocycles. The lowest BCUT2D eigenvalue weighted by Crippen LogP contribution is -2.21. The summed E-state index contributed by atoms with van der Waals surface area (Å²) in [4.78, 5) is 0. The molecule has 2 fully saturated rings. The van der Waals surface area contributed by atoms with Gasteiger partial charge in [0.05, 0.1) is 0 Å². The molecule has 1 aliphatic heterocycles. The van der Waals surface area contributed by atoms with Gasteiger partial charge < -0.3 is 11.1 Å². The van der Waals surface area contributed by atoms with Crippen molar-refractivity contribution in [3.8, 4) is 0 Å². The van der Waals surface area contributed by atoms with Gasteiger partial charge in [-0.15, -0.1) is 0 Å². The summed E-state index contributed by atoms with van der Waals surface area (Å²) < 4.78 is 0. The van der Waals surface area contributed by atoms with E-state index in [1.807, 2.05) is 13.8 Å². The van der Waals surface area contributed by atoms with Crippen molar-refractivity contribution in [3.05, 3.63) is 0 Å². The van der Waals surface area contributed by atoms with Crippen molar-refractivity contribution in [3.63, 3.8) is 0 Å². The third kappa shape index (κ3) is 16.4. The zero-order chi connectivity index (χ0) is 12.5. The maximum Gasteiger partial charge on any atom is -0.00489 e. The monoisotopic (exact) mass is 230 g/mol. The Morgan fingerprint density at radius 1 is 0.562 bits per heavy atom. The standard InChI is InChI=1S/C6H12.C5H11N.C2H6.CH5N/c2*1-2-4-6-5-3-1;2*1-2/h1-6H2;6H,1-5H2;1-2H3;2H2,1H3. The van der Waals surface area contributed by atoms with Crippen LogP contribution in [0.3, 0.4) is 0 Å². The van der Waals surface area contributed by atoms with Crippen LogP contribution in [0.4, 0.5) is 0 Å². The molecule has 1 aliphatic carbocycles. The van der Waals surface area contributed by atoms with Gasteiger partial charge >= 0.3 is 0 Å². The van der Waals surface area contributed by atoms with Gasteiger partial charge in [0.25, 0.3) is 0 Å². The summed E-state index contributed by atoms with van der Waals surface area (Å²) in [5, 5.41) is 3.28. The Hall–Kier alpha value is -0.0800. The number of hydrogen-bond acceptors (Lipinski definition) is 2. The first-order chi connectivity index (χ1) is 8.00. The third-order valence-corrected chi connectivity index (χ3v) is 2.71. The average Bonchev–Trinajstić information content (AvgIpc) is 2.48. The molecule has 2 heteroatoms. The molecule has 0 aromatic carbocycles. The smallest absolute Gasteiger partial charge is 0.00489 e. The van der Waals surface area contributed by atoms with E-state index in [1.165, 1.54) is 77.9 Å². The average molecular weight is 230 g/mol. The molecule has 0 aromatic rings. The van der Waals surface area contributed by atoms with Crippen molar-refractivity contribution in [2.24, 2.45) is 5.73 Å². The van der Waals surface area contributed by atoms with Crippen molar-refractivity contribution in [1.29, 1.82) is 0 Å². The van der Waals surface area contributed by atoms with Crippen LogP contribution in [-0.2, 0) is 0 Å². The summed E-state index contributed by atoms with van der Waals surface area (Å²) >= 11 is 0. The van der Waals surface area contributed by atoms with Crippen LogP contribution < -0.4 is 11.1 Å². The number of nitrogens with two attached hydrogens (primary N) is 1. The summed E-state index contributed by atoms with van der Waals surface area (Å²) in [5.74, 6) is 0. The second-order valence-corrected chi connectivity index (χ2v) is 3.93. The molecule has 0 radical (unpaired) electrons. The molecule has 1 saturated carbocycles. The van der Waals surface area contributed by atoms with Crippen LogP contribution in [0.1, 0.15) is 71.6 Å². The molecular formula is C14H34N2. The fourth-order valence-corrected chi connectivity index (χ4v) is 1.86. The first kappa shape index (κ1) is 18.3. The minimum atomic E-state index is 1.25. The molecule has 0 bridgehead atoms. The van der Waals surface area contributed by atoms with Crippen LogP contribution in [0.5, 0.6) is 0 Å². The summed E-state index contributed by atoms with van der Waals surface area (Å²) in [7, 11) is 1.50. The SMILES string of the molecule is C1CCCCC1.C1CCNCC1.CC.CN. The molecule has 0 atom stereocenters. The maximum absolute atomic E-state index is 4.50. The van der Waals surface area contributed by atoms with E-state index in [1.54, 1.807) is 0 Å². The number of hydrogen-bond donors (Lipinski definition) is 2. The molecule has 0 aromatic heterocycles. The van der Waals surface area contributed by atoms with E-state index < -0.39 is 0 Å². The van der Waals surface area contributed by atoms with Crippen molar-refractivity contribution >= 4 is 0 Å². The van der Waals surface area contributed by atoms with Crippen LogP contribution in [0, 0.1) is 0 Å². The van der Waals surface area contributed by atoms with E-state index >= 15 is 0 Å². The summed E-state index contributed by atoms with van der Waals surface area (Å²) in [6.45, 7) is 6.50. The first-order valence-corrected chi connectivity index (χ1v) is 7.28. The molecule has 0 unspecified atom stereocenters. The molecule has 100 valence electrons. The van der Waals surface area contributed by atoms with Crippen molar-refractivity contribution in [2.45, 2.75) is 71.6 Å². The quantitative estimate of drug-likeness (QED) is 0.666. The predicted molar refractivity (Wildman–Crippen MR) is 75.9 cm³/mol. The normalized spacial score (nSPS) is 18.8. The zero-order valence-electron chi connectivity index (χ0n) is 11.9. The Morgan fingerprint density at radius 3 is 0.938 bits per heavy atom. The van der Waals surface area contributed by atoms with E-state index in [0.717, 1.165) is 0 Å². The number of rotatable bonds is 0. The molecule has 0 spiro atoms. The van der Waals surface area contributed by atoms with Crippen LogP contribution in [-0.4, -0.2) is 20.1 Å². The van der Waals surface area contributed by atoms with Gasteiger partial charge in [0.15, 0.2) is 0 Å². The van der Waals surface area contributed by atoms with Crippen molar-refractivity contribution < 1.29 is 0 Å². The molecule has 2 rings (SSSR count). The molecule has 2 aliphatic rings. The summed E-state index contributed by atoms with van der Waals surface area (Å²) in [5.41, 5.74) is 4.50. The molecule has 0 amide bonds. The lowest BCUT2D eigenvalue weighted by molar-refractivity contribution is 0.504. The summed E-state index contributed by atoms with van der Waals surface area (Å²) in [6.07, 6.45) is 13.2. The van der Waals surface area contributed by atoms with Crippen LogP contribution in [0.2, 0.25) is 0 Å². The van der Waals surface area contributed by atoms with Gasteiger partial charge in [0, 0.05) is 0 Å². The molecule has 2 nitrogen and oxygen atoms in total. The number of nitrogens with one attached hydrogen (secondary N) is 1. The maximum atomic E-state index is 4.50. The van der Waals surface area contributed by atoms with Crippen molar-refractivity contribution in [2.75, 3.05) is 20.1 Å². The highest BCUT2D eigenvalue weighted by Gasteiger charge is 1.95. The lowest BCUT2D eigenvalue weighted by Gasteiger charge is -2.08. The largest absolute Gasteiger partial charge is 0.333 e. The van der Waals surface area contributed by atoms with Gasteiger partial charge in [0.1, 0.15) is 0 Å². The Balaban J connectivity index is 0. The van der Waals surface area contributed by atoms with Gasteiger partial charge in [-0.05, 0) is 33.0 Å². The van der Waals surface area contributed by atoms with E-state index in [2.05, 4.69) is 11.1 Å². The lowest BCUT2D eigenvalue weighted by atomic mass is 10.0. The highest BCUT2D eigenvalue weighted by atomic mass is 14.9. The van der Waals surface area contributed by atoms with Gasteiger partial charge in [-0.1, -0.05) is 58.8 Å². The van der Waals surface area contributed by atoms with Crippen LogP contribution >= 0.6 is 0 Å². The Kier molecular flexibility index (Phi) is 23.3. The van der Waals surface area contributed by atoms with Crippen molar-refractivity contribution in [1.82, 2.24) is 5.32 Å². The predicted octanol–water partition coefficient (Wildman–Crippen LogP) is 3.70. The second-order valence-electron chi connectivity index (χ2n) is 3.93. The highest BCUT2D eigenvalue weighted by molar-refractivity contribution is 4.55. The topological polar surface area (TPSA) is 38.0 Å². The Morgan fingerprint density at radius 2 is 0.812 bits per heavy atom. The molecule has 16 heavy (non-hydrogen) atoms. The second kappa shape index (κ2) is 20.3. The van der Waals surface area contributed by atoms with E-state index in [9.17, 15) is 0 Å². The Labute approximate surface area is 103 Å². The number of piperidine rings is 1. The van der Waals surface area contributed by atoms with Crippen LogP contribution in [0.25, 0.3) is 0 Å². The highest BCUT2D eigenvalue weighted by Crippen LogP contribution is 2.15. The summed E-state index contributed by atoms with van der Waals surface area (Å²) in [6, 6.07) is 0. The third-order valence-electron chi connectivity index (χ3n) is 2.71. The zero-order valence-corrected chi connectivity index (χ0v) is 11.9. The molecular weight excluding hydrogens is 196 g/mol. The van der Waals surface area contributed by atoms with E-state index in [4.69, 9.17) is 0 Å². The fraction of sp³-hybridized carbons (Fsp3) is 1.00. The molecule has 3 N–H and O–H groups in total. The van der Waals surface area contributed by atoms with Gasteiger partial charge in [-0.2, -0.15) is 0 Å². The van der Waals surface area contributed by atoms with E-state index in [0.29, 0.717) is 0 Å². The van der Waals surface area contributed by atoms with Gasteiger partial charge in [-0.25, -0.2) is 0 Å². The Bertz CT molecular complexity index is 51.7. The first-order valence-electron chi connectivity index (χ1n) is 7.28. The van der Waals surface area contributed by atoms with Crippen LogP contribution in [0.15, 0.2) is 0 Å². The van der Waals surface area contributed by atoms with Gasteiger partial charge in [0.2, 0.25) is 0 Å². The van der Waals surface area contributed by atoms with Gasteiger partial charge in [-0.3, -0.25) is 0 Å². The molecule has 1 saturated heterocycles. The van der Waals surface area contributed by atoms with E-state index in [-0.39, 0.29) is 0 Å². The minimum absolute atomic E-state index is 1.25. The fourth-order valence-electron chi connectivity index (χ4n) is 1.86.